The van der Waals surface area contributed by atoms with Crippen LogP contribution in [0.15, 0.2) is 40.9 Å². The van der Waals surface area contributed by atoms with Crippen molar-refractivity contribution in [1.82, 2.24) is 15.8 Å². The minimum atomic E-state index is -1.16. The van der Waals surface area contributed by atoms with E-state index in [0.717, 1.165) is 5.56 Å². The number of amides is 3. The van der Waals surface area contributed by atoms with Gasteiger partial charge in [0.15, 0.2) is 6.10 Å². The summed E-state index contributed by atoms with van der Waals surface area (Å²) in [5.41, 5.74) is 1.40. The predicted molar refractivity (Wildman–Crippen MR) is 82.9 cm³/mol. The van der Waals surface area contributed by atoms with Crippen LogP contribution in [0.2, 0.25) is 0 Å². The van der Waals surface area contributed by atoms with Crippen molar-refractivity contribution >= 4 is 17.9 Å². The lowest BCUT2D eigenvalue weighted by Gasteiger charge is -2.12. The molecule has 2 rings (SSSR count). The number of hydrogen-bond acceptors (Lipinski definition) is 6. The predicted octanol–water partition coefficient (Wildman–Crippen LogP) is 1.55. The fourth-order valence-electron chi connectivity index (χ4n) is 1.77. The van der Waals surface area contributed by atoms with E-state index in [-0.39, 0.29) is 12.3 Å². The molecule has 0 unspecified atom stereocenters. The van der Waals surface area contributed by atoms with Gasteiger partial charge < -0.3 is 14.6 Å². The Hall–Kier alpha value is -3.16. The van der Waals surface area contributed by atoms with Gasteiger partial charge in [-0.15, -0.1) is 0 Å². The Morgan fingerprint density at radius 1 is 1.25 bits per heavy atom. The van der Waals surface area contributed by atoms with Crippen molar-refractivity contribution < 1.29 is 23.6 Å². The molecule has 2 aromatic rings. The molecule has 1 aromatic carbocycles. The number of carbonyl (C=O) groups excluding carboxylic acids is 3. The molecule has 0 spiro atoms. The van der Waals surface area contributed by atoms with Crippen molar-refractivity contribution in [3.05, 3.63) is 53.4 Å². The molecule has 2 N–H and O–H groups in total. The molecule has 3 amide bonds. The minimum absolute atomic E-state index is 0.110. The third kappa shape index (κ3) is 4.94. The van der Waals surface area contributed by atoms with E-state index in [9.17, 15) is 14.4 Å². The zero-order valence-corrected chi connectivity index (χ0v) is 13.2. The molecule has 0 aliphatic heterocycles. The van der Waals surface area contributed by atoms with Gasteiger partial charge in [0.05, 0.1) is 5.69 Å². The number of urea groups is 1. The Morgan fingerprint density at radius 2 is 1.96 bits per heavy atom. The van der Waals surface area contributed by atoms with Crippen LogP contribution in [0.5, 0.6) is 0 Å². The van der Waals surface area contributed by atoms with Gasteiger partial charge in [0, 0.05) is 12.6 Å². The molecule has 1 atom stereocenters. The van der Waals surface area contributed by atoms with Gasteiger partial charge in [-0.2, -0.15) is 0 Å². The van der Waals surface area contributed by atoms with Crippen LogP contribution < -0.4 is 10.6 Å². The smallest absolute Gasteiger partial charge is 0.377 e. The first-order chi connectivity index (χ1) is 11.5. The highest BCUT2D eigenvalue weighted by atomic mass is 16.6. The van der Waals surface area contributed by atoms with Gasteiger partial charge in [-0.25, -0.2) is 9.59 Å². The summed E-state index contributed by atoms with van der Waals surface area (Å²) in [6.07, 6.45) is -1.16. The second kappa shape index (κ2) is 7.91. The monoisotopic (exact) mass is 331 g/mol. The summed E-state index contributed by atoms with van der Waals surface area (Å²) >= 11 is 0. The van der Waals surface area contributed by atoms with Gasteiger partial charge in [-0.05, 0) is 19.4 Å². The number of benzene rings is 1. The first-order valence-electron chi connectivity index (χ1n) is 7.22. The molecule has 0 radical (unpaired) electrons. The molecule has 0 aliphatic carbocycles. The van der Waals surface area contributed by atoms with E-state index in [1.165, 1.54) is 13.0 Å². The number of hydrogen-bond donors (Lipinski definition) is 2. The molecule has 0 saturated carbocycles. The number of imide groups is 1. The van der Waals surface area contributed by atoms with Crippen LogP contribution in [0.4, 0.5) is 4.79 Å². The lowest BCUT2D eigenvalue weighted by Crippen LogP contribution is -2.44. The Kier molecular flexibility index (Phi) is 5.67. The van der Waals surface area contributed by atoms with E-state index >= 15 is 0 Å². The zero-order valence-electron chi connectivity index (χ0n) is 13.2. The normalized spacial score (nSPS) is 11.4. The van der Waals surface area contributed by atoms with Crippen molar-refractivity contribution in [1.29, 1.82) is 0 Å². The van der Waals surface area contributed by atoms with Crippen molar-refractivity contribution in [3.63, 3.8) is 0 Å². The summed E-state index contributed by atoms with van der Waals surface area (Å²) in [6, 6.07) is 9.93. The highest BCUT2D eigenvalue weighted by molar-refractivity contribution is 5.98. The van der Waals surface area contributed by atoms with E-state index in [4.69, 9.17) is 9.26 Å². The van der Waals surface area contributed by atoms with Gasteiger partial charge in [0.25, 0.3) is 5.91 Å². The Labute approximate surface area is 138 Å². The molecular formula is C16H17N3O5. The standard InChI is InChI=1S/C16H17N3O5/c1-10-8-13(24-19-10)15(21)23-11(2)14(20)18-16(22)17-9-12-6-4-3-5-7-12/h3-8,11H,9H2,1-2H3,(H2,17,18,20,22)/t11-/m1/s1. The minimum Gasteiger partial charge on any atom is -0.447 e. The summed E-state index contributed by atoms with van der Waals surface area (Å²) in [5.74, 6) is -1.69. The maximum Gasteiger partial charge on any atom is 0.377 e. The van der Waals surface area contributed by atoms with Gasteiger partial charge in [-0.1, -0.05) is 35.5 Å². The highest BCUT2D eigenvalue weighted by Gasteiger charge is 2.22. The molecule has 24 heavy (non-hydrogen) atoms. The lowest BCUT2D eigenvalue weighted by molar-refractivity contribution is -0.128. The topological polar surface area (TPSA) is 111 Å². The second-order valence-corrected chi connectivity index (χ2v) is 5.04. The lowest BCUT2D eigenvalue weighted by atomic mass is 10.2. The maximum absolute atomic E-state index is 11.8. The van der Waals surface area contributed by atoms with Gasteiger partial charge in [0.2, 0.25) is 5.76 Å². The number of nitrogens with zero attached hydrogens (tertiary/aromatic N) is 1. The summed E-state index contributed by atoms with van der Waals surface area (Å²) in [7, 11) is 0. The van der Waals surface area contributed by atoms with Crippen LogP contribution in [-0.2, 0) is 16.1 Å². The Balaban J connectivity index is 1.78. The van der Waals surface area contributed by atoms with Gasteiger partial charge in [-0.3, -0.25) is 10.1 Å². The molecule has 1 aromatic heterocycles. The Bertz CT molecular complexity index is 726. The van der Waals surface area contributed by atoms with E-state index in [2.05, 4.69) is 15.8 Å². The molecule has 0 saturated heterocycles. The van der Waals surface area contributed by atoms with Crippen molar-refractivity contribution in [2.75, 3.05) is 0 Å². The molecule has 8 nitrogen and oxygen atoms in total. The molecule has 0 bridgehead atoms. The highest BCUT2D eigenvalue weighted by Crippen LogP contribution is 2.06. The van der Waals surface area contributed by atoms with E-state index in [0.29, 0.717) is 5.69 Å². The third-order valence-corrected chi connectivity index (χ3v) is 3.01. The number of nitrogens with one attached hydrogen (secondary N) is 2. The van der Waals surface area contributed by atoms with Crippen molar-refractivity contribution in [2.24, 2.45) is 0 Å². The van der Waals surface area contributed by atoms with Crippen LogP contribution in [0.3, 0.4) is 0 Å². The fraction of sp³-hybridized carbons (Fsp3) is 0.250. The first kappa shape index (κ1) is 17.2. The average molecular weight is 331 g/mol. The van der Waals surface area contributed by atoms with Crippen molar-refractivity contribution in [2.45, 2.75) is 26.5 Å². The van der Waals surface area contributed by atoms with Crippen LogP contribution in [-0.4, -0.2) is 29.2 Å². The van der Waals surface area contributed by atoms with Gasteiger partial charge >= 0.3 is 12.0 Å². The molecular weight excluding hydrogens is 314 g/mol. The van der Waals surface area contributed by atoms with Crippen molar-refractivity contribution in [3.8, 4) is 0 Å². The van der Waals surface area contributed by atoms with E-state index in [1.54, 1.807) is 6.92 Å². The maximum atomic E-state index is 11.8. The molecule has 0 fully saturated rings. The number of aromatic nitrogens is 1. The number of aryl methyl sites for hydroxylation is 1. The van der Waals surface area contributed by atoms with Crippen LogP contribution in [0, 0.1) is 6.92 Å². The third-order valence-electron chi connectivity index (χ3n) is 3.01. The number of ether oxygens (including phenoxy) is 1. The van der Waals surface area contributed by atoms with Crippen LogP contribution in [0.1, 0.15) is 28.7 Å². The van der Waals surface area contributed by atoms with E-state index in [1.807, 2.05) is 30.3 Å². The molecule has 8 heteroatoms. The average Bonchev–Trinajstić information content (AvgIpc) is 3.00. The summed E-state index contributed by atoms with van der Waals surface area (Å²) in [6.45, 7) is 3.26. The van der Waals surface area contributed by atoms with Crippen LogP contribution >= 0.6 is 0 Å². The quantitative estimate of drug-likeness (QED) is 0.804. The SMILES string of the molecule is Cc1cc(C(=O)O[C@H](C)C(=O)NC(=O)NCc2ccccc2)on1. The Morgan fingerprint density at radius 3 is 2.58 bits per heavy atom. The molecule has 0 aliphatic rings. The number of carbonyl (C=O) groups is 3. The first-order valence-corrected chi connectivity index (χ1v) is 7.22. The summed E-state index contributed by atoms with van der Waals surface area (Å²) in [5, 5.41) is 8.18. The second-order valence-electron chi connectivity index (χ2n) is 5.04. The number of esters is 1. The van der Waals surface area contributed by atoms with E-state index < -0.39 is 24.0 Å². The summed E-state index contributed by atoms with van der Waals surface area (Å²) in [4.78, 5) is 35.3. The fourth-order valence-corrected chi connectivity index (χ4v) is 1.77. The van der Waals surface area contributed by atoms with Crippen LogP contribution in [0.25, 0.3) is 0 Å². The molecule has 126 valence electrons. The van der Waals surface area contributed by atoms with Gasteiger partial charge in [0.1, 0.15) is 0 Å². The summed E-state index contributed by atoms with van der Waals surface area (Å²) < 4.78 is 9.65. The largest absolute Gasteiger partial charge is 0.447 e. The zero-order chi connectivity index (χ0) is 17.5. The number of rotatable bonds is 5. The molecule has 1 heterocycles.